The number of carbonyl (C=O) groups is 2. The van der Waals surface area contributed by atoms with Crippen molar-refractivity contribution in [1.29, 1.82) is 0 Å². The third-order valence-corrected chi connectivity index (χ3v) is 8.17. The van der Waals surface area contributed by atoms with Crippen LogP contribution in [0.4, 0.5) is 4.79 Å². The molecule has 2 fully saturated rings. The minimum atomic E-state index is -0.608. The van der Waals surface area contributed by atoms with Crippen LogP contribution in [-0.2, 0) is 16.0 Å². The number of nitrogens with one attached hydrogen (secondary N) is 3. The average Bonchev–Trinajstić information content (AvgIpc) is 3.20. The molecule has 0 spiro atoms. The molecule has 2 aliphatic heterocycles. The molecule has 2 amide bonds. The van der Waals surface area contributed by atoms with Gasteiger partial charge in [-0.2, -0.15) is 0 Å². The molecule has 0 bridgehead atoms. The number of alkyl carbamates (subject to hydrolysis) is 1. The lowest BCUT2D eigenvalue weighted by atomic mass is 9.64. The quantitative estimate of drug-likeness (QED) is 0.474. The Hall–Kier alpha value is -2.58. The summed E-state index contributed by atoms with van der Waals surface area (Å²) in [7, 11) is 0. The fourth-order valence-corrected chi connectivity index (χ4v) is 6.63. The highest BCUT2D eigenvalue weighted by Gasteiger charge is 2.49. The van der Waals surface area contributed by atoms with Gasteiger partial charge in [0.15, 0.2) is 0 Å². The number of carbonyl (C=O) groups excluding carboxylic acids is 2. The summed E-state index contributed by atoms with van der Waals surface area (Å²) in [5.41, 5.74) is 3.37. The van der Waals surface area contributed by atoms with Gasteiger partial charge in [-0.05, 0) is 76.3 Å². The highest BCUT2D eigenvalue weighted by atomic mass is 16.6. The highest BCUT2D eigenvalue weighted by Crippen LogP contribution is 2.49. The first-order valence-corrected chi connectivity index (χ1v) is 13.5. The van der Waals surface area contributed by atoms with E-state index in [1.807, 2.05) is 20.8 Å². The number of para-hydroxylation sites is 1. The van der Waals surface area contributed by atoms with Crippen LogP contribution in [0.3, 0.4) is 0 Å². The third-order valence-electron chi connectivity index (χ3n) is 8.17. The zero-order valence-corrected chi connectivity index (χ0v) is 21.7. The second-order valence-corrected chi connectivity index (χ2v) is 11.7. The van der Waals surface area contributed by atoms with Gasteiger partial charge in [0.1, 0.15) is 5.60 Å². The van der Waals surface area contributed by atoms with Crippen molar-refractivity contribution < 1.29 is 19.4 Å². The Kier molecular flexibility index (Phi) is 7.01. The Bertz CT molecular complexity index is 1110. The van der Waals surface area contributed by atoms with Gasteiger partial charge in [-0.1, -0.05) is 18.2 Å². The van der Waals surface area contributed by atoms with Crippen LogP contribution < -0.4 is 10.6 Å². The average molecular weight is 497 g/mol. The number of piperidine rings is 1. The largest absolute Gasteiger partial charge is 0.444 e. The van der Waals surface area contributed by atoms with Gasteiger partial charge in [0, 0.05) is 42.8 Å². The van der Waals surface area contributed by atoms with Gasteiger partial charge in [0.25, 0.3) is 0 Å². The zero-order valence-electron chi connectivity index (χ0n) is 21.7. The third kappa shape index (κ3) is 5.11. The van der Waals surface area contributed by atoms with Gasteiger partial charge in [0.2, 0.25) is 5.91 Å². The molecule has 0 radical (unpaired) electrons. The number of rotatable bonds is 5. The fraction of sp³-hybridized carbons (Fsp3) is 0.643. The first-order chi connectivity index (χ1) is 17.2. The van der Waals surface area contributed by atoms with Crippen molar-refractivity contribution >= 4 is 22.9 Å². The van der Waals surface area contributed by atoms with E-state index in [-0.39, 0.29) is 23.8 Å². The first kappa shape index (κ1) is 25.1. The van der Waals surface area contributed by atoms with Crippen LogP contribution in [0.2, 0.25) is 0 Å². The van der Waals surface area contributed by atoms with Crippen molar-refractivity contribution in [1.82, 2.24) is 20.5 Å². The summed E-state index contributed by atoms with van der Waals surface area (Å²) in [4.78, 5) is 31.4. The fourth-order valence-electron chi connectivity index (χ4n) is 6.63. The topological polar surface area (TPSA) is 107 Å². The van der Waals surface area contributed by atoms with Crippen LogP contribution in [0.5, 0.6) is 0 Å². The van der Waals surface area contributed by atoms with Crippen LogP contribution >= 0.6 is 0 Å². The molecule has 1 saturated heterocycles. The summed E-state index contributed by atoms with van der Waals surface area (Å²) < 4.78 is 5.24. The van der Waals surface area contributed by atoms with Gasteiger partial charge in [0.05, 0.1) is 18.1 Å². The van der Waals surface area contributed by atoms with E-state index in [0.29, 0.717) is 31.8 Å². The molecule has 2 aromatic rings. The second-order valence-electron chi connectivity index (χ2n) is 11.7. The number of fused-ring (bicyclic) bond motifs is 6. The van der Waals surface area contributed by atoms with Gasteiger partial charge in [-0.25, -0.2) is 4.79 Å². The molecule has 8 nitrogen and oxygen atoms in total. The minimum absolute atomic E-state index is 0.0596. The van der Waals surface area contributed by atoms with Gasteiger partial charge >= 0.3 is 6.09 Å². The molecule has 5 atom stereocenters. The van der Waals surface area contributed by atoms with Gasteiger partial charge < -0.3 is 25.5 Å². The molecule has 1 aromatic carbocycles. The summed E-state index contributed by atoms with van der Waals surface area (Å²) in [5, 5.41) is 18.0. The van der Waals surface area contributed by atoms with Crippen LogP contribution in [-0.4, -0.2) is 64.9 Å². The van der Waals surface area contributed by atoms with E-state index in [1.165, 1.54) is 22.2 Å². The lowest BCUT2D eigenvalue weighted by Crippen LogP contribution is -2.55. The summed E-state index contributed by atoms with van der Waals surface area (Å²) in [6.07, 6.45) is 3.14. The van der Waals surface area contributed by atoms with E-state index in [9.17, 15) is 14.7 Å². The van der Waals surface area contributed by atoms with Crippen molar-refractivity contribution in [3.63, 3.8) is 0 Å². The molecule has 4 N–H and O–H groups in total. The molecule has 8 heteroatoms. The number of aromatic nitrogens is 1. The lowest BCUT2D eigenvalue weighted by Gasteiger charge is -2.51. The Labute approximate surface area is 213 Å². The maximum atomic E-state index is 13.3. The summed E-state index contributed by atoms with van der Waals surface area (Å²) in [6, 6.07) is 8.77. The molecule has 3 aliphatic rings. The van der Waals surface area contributed by atoms with Crippen molar-refractivity contribution in [2.75, 3.05) is 26.2 Å². The van der Waals surface area contributed by atoms with Crippen LogP contribution in [0.25, 0.3) is 10.9 Å². The number of amides is 2. The SMILES string of the molecule is CC(C)(C)OC(=O)NCCCNC(=O)C1[C@H]2C[C@H]3c4[nH]c5ccccc5c4CCN3C[C@@H]2CC[C@@H]1O. The molecule has 196 valence electrons. The van der Waals surface area contributed by atoms with E-state index >= 15 is 0 Å². The predicted molar refractivity (Wildman–Crippen MR) is 139 cm³/mol. The zero-order chi connectivity index (χ0) is 25.4. The molecule has 36 heavy (non-hydrogen) atoms. The van der Waals surface area contributed by atoms with Gasteiger partial charge in [-0.3, -0.25) is 9.69 Å². The van der Waals surface area contributed by atoms with Crippen molar-refractivity contribution in [3.05, 3.63) is 35.5 Å². The number of aliphatic hydroxyl groups excluding tert-OH is 1. The number of benzene rings is 1. The van der Waals surface area contributed by atoms with E-state index in [2.05, 4.69) is 44.8 Å². The van der Waals surface area contributed by atoms with Crippen molar-refractivity contribution in [2.24, 2.45) is 17.8 Å². The molecule has 1 aliphatic carbocycles. The summed E-state index contributed by atoms with van der Waals surface area (Å²) >= 11 is 0. The second kappa shape index (κ2) is 10.1. The number of aliphatic hydroxyl groups is 1. The maximum absolute atomic E-state index is 13.3. The minimum Gasteiger partial charge on any atom is -0.444 e. The number of H-pyrrole nitrogens is 1. The Morgan fingerprint density at radius 3 is 2.75 bits per heavy atom. The molecule has 1 saturated carbocycles. The number of hydrogen-bond donors (Lipinski definition) is 4. The molecular weight excluding hydrogens is 456 g/mol. The first-order valence-electron chi connectivity index (χ1n) is 13.5. The van der Waals surface area contributed by atoms with Crippen LogP contribution in [0, 0.1) is 17.8 Å². The molecule has 5 rings (SSSR count). The standard InChI is InChI=1S/C28H40N4O4/c1-28(2,3)36-27(35)30-13-6-12-29-26(34)24-20-15-22-25-19(18-7-4-5-8-21(18)31-25)11-14-32(22)16-17(20)9-10-23(24)33/h4-5,7-8,17,20,22-24,31,33H,6,9-16H2,1-3H3,(H,29,34)(H,30,35)/t17-,20-,22-,23-,24?/m0/s1. The Balaban J connectivity index is 1.22. The number of nitrogens with zero attached hydrogens (tertiary/aromatic N) is 1. The Morgan fingerprint density at radius 2 is 1.94 bits per heavy atom. The van der Waals surface area contributed by atoms with E-state index in [4.69, 9.17) is 4.74 Å². The van der Waals surface area contributed by atoms with E-state index < -0.39 is 17.8 Å². The normalized spacial score (nSPS) is 28.1. The number of ether oxygens (including phenoxy) is 1. The van der Waals surface area contributed by atoms with E-state index in [0.717, 1.165) is 32.4 Å². The lowest BCUT2D eigenvalue weighted by molar-refractivity contribution is -0.139. The molecular formula is C28H40N4O4. The monoisotopic (exact) mass is 496 g/mol. The van der Waals surface area contributed by atoms with Crippen molar-refractivity contribution in [2.45, 2.75) is 70.6 Å². The van der Waals surface area contributed by atoms with Crippen molar-refractivity contribution in [3.8, 4) is 0 Å². The predicted octanol–water partition coefficient (Wildman–Crippen LogP) is 3.51. The highest BCUT2D eigenvalue weighted by molar-refractivity contribution is 5.85. The number of aromatic amines is 1. The van der Waals surface area contributed by atoms with E-state index in [1.54, 1.807) is 0 Å². The van der Waals surface area contributed by atoms with Gasteiger partial charge in [-0.15, -0.1) is 0 Å². The summed E-state index contributed by atoms with van der Waals surface area (Å²) in [5.74, 6) is 0.141. The smallest absolute Gasteiger partial charge is 0.407 e. The molecule has 3 heterocycles. The van der Waals surface area contributed by atoms with Crippen LogP contribution in [0.1, 0.15) is 63.8 Å². The van der Waals surface area contributed by atoms with Crippen LogP contribution in [0.15, 0.2) is 24.3 Å². The Morgan fingerprint density at radius 1 is 1.17 bits per heavy atom. The number of hydrogen-bond acceptors (Lipinski definition) is 5. The molecule has 1 aromatic heterocycles. The maximum Gasteiger partial charge on any atom is 0.407 e. The molecule has 1 unspecified atom stereocenters. The summed E-state index contributed by atoms with van der Waals surface area (Å²) in [6.45, 7) is 8.39.